The van der Waals surface area contributed by atoms with Crippen molar-refractivity contribution < 1.29 is 14.5 Å². The molecule has 0 N–H and O–H groups in total. The lowest BCUT2D eigenvalue weighted by Crippen LogP contribution is -2.27. The average molecular weight is 478 g/mol. The first kappa shape index (κ1) is 17.8. The van der Waals surface area contributed by atoms with E-state index >= 15 is 0 Å². The summed E-state index contributed by atoms with van der Waals surface area (Å²) in [5.41, 5.74) is 2.33. The molecule has 8 nitrogen and oxygen atoms in total. The Morgan fingerprint density at radius 2 is 2.07 bits per heavy atom. The second-order valence-electron chi connectivity index (χ2n) is 6.53. The Morgan fingerprint density at radius 3 is 2.78 bits per heavy atom. The third kappa shape index (κ3) is 3.51. The van der Waals surface area contributed by atoms with Crippen molar-refractivity contribution in [3.8, 4) is 0 Å². The van der Waals surface area contributed by atoms with E-state index in [-0.39, 0.29) is 5.69 Å². The molecule has 0 amide bonds. The number of carbonyl (C=O) groups excluding carboxylic acids is 1. The topological polar surface area (TPSA) is 99.6 Å². The van der Waals surface area contributed by atoms with Gasteiger partial charge in [-0.2, -0.15) is 0 Å². The predicted octanol–water partition coefficient (Wildman–Crippen LogP) is 3.59. The fourth-order valence-electron chi connectivity index (χ4n) is 3.31. The van der Waals surface area contributed by atoms with E-state index in [1.807, 2.05) is 16.8 Å². The Morgan fingerprint density at radius 1 is 1.33 bits per heavy atom. The van der Waals surface area contributed by atoms with Gasteiger partial charge < -0.3 is 4.74 Å². The number of hydrogen-bond acceptors (Lipinski definition) is 6. The Hall–Kier alpha value is -2.56. The van der Waals surface area contributed by atoms with Gasteiger partial charge in [-0.3, -0.25) is 19.5 Å². The van der Waals surface area contributed by atoms with E-state index in [1.165, 1.54) is 24.3 Å². The quantitative estimate of drug-likeness (QED) is 0.241. The van der Waals surface area contributed by atoms with Gasteiger partial charge in [-0.05, 0) is 30.9 Å². The summed E-state index contributed by atoms with van der Waals surface area (Å²) < 4.78 is 8.29. The van der Waals surface area contributed by atoms with Gasteiger partial charge in [0.2, 0.25) is 0 Å². The molecular formula is C18H15IN4O4. The highest BCUT2D eigenvalue weighted by Crippen LogP contribution is 2.42. The number of benzene rings is 1. The van der Waals surface area contributed by atoms with Crippen LogP contribution in [-0.4, -0.2) is 31.9 Å². The zero-order valence-corrected chi connectivity index (χ0v) is 16.3. The van der Waals surface area contributed by atoms with Crippen molar-refractivity contribution in [2.45, 2.75) is 18.8 Å². The summed E-state index contributed by atoms with van der Waals surface area (Å²) in [5, 5.41) is 10.7. The molecule has 1 aliphatic carbocycles. The first-order valence-corrected chi connectivity index (χ1v) is 9.50. The molecule has 0 saturated heterocycles. The molecule has 138 valence electrons. The molecule has 9 heteroatoms. The summed E-state index contributed by atoms with van der Waals surface area (Å²) >= 11 is 2.21. The van der Waals surface area contributed by atoms with Crippen molar-refractivity contribution in [3.05, 3.63) is 68.1 Å². The molecule has 0 aliphatic heterocycles. The van der Waals surface area contributed by atoms with Crippen LogP contribution in [-0.2, 0) is 4.74 Å². The summed E-state index contributed by atoms with van der Waals surface area (Å²) in [7, 11) is 0. The summed E-state index contributed by atoms with van der Waals surface area (Å²) in [4.78, 5) is 31.1. The molecule has 2 aromatic heterocycles. The fourth-order valence-corrected chi connectivity index (χ4v) is 3.99. The van der Waals surface area contributed by atoms with Gasteiger partial charge in [0.15, 0.2) is 3.83 Å². The van der Waals surface area contributed by atoms with Crippen molar-refractivity contribution in [1.29, 1.82) is 0 Å². The third-order valence-corrected chi connectivity index (χ3v) is 5.58. The van der Waals surface area contributed by atoms with Gasteiger partial charge in [0.25, 0.3) is 5.69 Å². The minimum absolute atomic E-state index is 0.0511. The van der Waals surface area contributed by atoms with Crippen LogP contribution in [0, 0.1) is 19.9 Å². The van der Waals surface area contributed by atoms with E-state index in [1.54, 1.807) is 6.20 Å². The number of nitro benzene ring substituents is 1. The Labute approximate surface area is 167 Å². The summed E-state index contributed by atoms with van der Waals surface area (Å²) in [5.74, 6) is 0.179. The van der Waals surface area contributed by atoms with Crippen LogP contribution in [0.5, 0.6) is 0 Å². The number of fused-ring (bicyclic) bond motifs is 1. The molecule has 2 heterocycles. The zero-order chi connectivity index (χ0) is 19.0. The first-order chi connectivity index (χ1) is 13.0. The number of esters is 1. The average Bonchev–Trinajstić information content (AvgIpc) is 2.97. The number of nitrogens with zero attached hydrogens (tertiary/aromatic N) is 4. The Bertz CT molecular complexity index is 1010. The van der Waals surface area contributed by atoms with Gasteiger partial charge in [0, 0.05) is 53.0 Å². The Kier molecular flexibility index (Phi) is 4.77. The lowest BCUT2D eigenvalue weighted by atomic mass is 9.73. The van der Waals surface area contributed by atoms with Gasteiger partial charge in [0.1, 0.15) is 0 Å². The Balaban J connectivity index is 1.32. The smallest absolute Gasteiger partial charge is 0.338 e. The predicted molar refractivity (Wildman–Crippen MR) is 105 cm³/mol. The maximum absolute atomic E-state index is 12.1. The molecule has 0 radical (unpaired) electrons. The SMILES string of the molecule is O=C(OCC1CC(c2nc(I)n3ccncc23)C1)c1ccc([N+](=O)[O-])cc1. The van der Waals surface area contributed by atoms with Gasteiger partial charge in [-0.25, -0.2) is 9.78 Å². The van der Waals surface area contributed by atoms with Crippen molar-refractivity contribution in [3.63, 3.8) is 0 Å². The summed E-state index contributed by atoms with van der Waals surface area (Å²) in [6.45, 7) is 0.341. The number of nitro groups is 1. The minimum atomic E-state index is -0.500. The third-order valence-electron chi connectivity index (χ3n) is 4.82. The van der Waals surface area contributed by atoms with Gasteiger partial charge in [-0.1, -0.05) is 0 Å². The maximum atomic E-state index is 12.1. The molecule has 3 aromatic rings. The molecule has 1 aromatic carbocycles. The highest BCUT2D eigenvalue weighted by Gasteiger charge is 2.34. The number of non-ortho nitro benzene ring substituents is 1. The van der Waals surface area contributed by atoms with Crippen LogP contribution >= 0.6 is 22.6 Å². The van der Waals surface area contributed by atoms with Gasteiger partial charge in [-0.15, -0.1) is 0 Å². The number of aromatic nitrogens is 3. The van der Waals surface area contributed by atoms with Gasteiger partial charge >= 0.3 is 5.97 Å². The van der Waals surface area contributed by atoms with Crippen molar-refractivity contribution >= 4 is 39.8 Å². The van der Waals surface area contributed by atoms with Gasteiger partial charge in [0.05, 0.1) is 34.5 Å². The lowest BCUT2D eigenvalue weighted by molar-refractivity contribution is -0.384. The summed E-state index contributed by atoms with van der Waals surface area (Å²) in [6, 6.07) is 5.43. The second-order valence-corrected chi connectivity index (χ2v) is 7.50. The molecule has 0 bridgehead atoms. The largest absolute Gasteiger partial charge is 0.462 e. The lowest BCUT2D eigenvalue weighted by Gasteiger charge is -2.33. The second kappa shape index (κ2) is 7.22. The fraction of sp³-hybridized carbons (Fsp3) is 0.278. The van der Waals surface area contributed by atoms with Crippen molar-refractivity contribution in [2.75, 3.05) is 6.61 Å². The molecule has 1 aliphatic rings. The monoisotopic (exact) mass is 478 g/mol. The van der Waals surface area contributed by atoms with E-state index in [0.717, 1.165) is 27.9 Å². The number of halogens is 1. The van der Waals surface area contributed by atoms with Crippen LogP contribution in [0.25, 0.3) is 5.52 Å². The zero-order valence-electron chi connectivity index (χ0n) is 14.1. The molecule has 4 rings (SSSR count). The minimum Gasteiger partial charge on any atom is -0.462 e. The van der Waals surface area contributed by atoms with Crippen LogP contribution in [0.15, 0.2) is 42.9 Å². The number of imidazole rings is 1. The van der Waals surface area contributed by atoms with E-state index in [0.29, 0.717) is 24.0 Å². The highest BCUT2D eigenvalue weighted by atomic mass is 127. The van der Waals surface area contributed by atoms with E-state index in [2.05, 4.69) is 32.6 Å². The van der Waals surface area contributed by atoms with Crippen LogP contribution in [0.4, 0.5) is 5.69 Å². The molecule has 0 spiro atoms. The molecule has 1 saturated carbocycles. The molecule has 27 heavy (non-hydrogen) atoms. The standard InChI is InChI=1S/C18H15IN4O4/c19-18-21-16(15-9-20-5-6-22(15)18)13-7-11(8-13)10-27-17(24)12-1-3-14(4-2-12)23(25)26/h1-6,9,11,13H,7-8,10H2. The first-order valence-electron chi connectivity index (χ1n) is 8.42. The molecule has 0 unspecified atom stereocenters. The molecule has 1 fully saturated rings. The van der Waals surface area contributed by atoms with Crippen LogP contribution in [0.2, 0.25) is 0 Å². The summed E-state index contributed by atoms with van der Waals surface area (Å²) in [6.07, 6.45) is 7.28. The van der Waals surface area contributed by atoms with E-state index in [4.69, 9.17) is 4.74 Å². The van der Waals surface area contributed by atoms with Crippen LogP contribution < -0.4 is 0 Å². The number of ether oxygens (including phenoxy) is 1. The molecular weight excluding hydrogens is 463 g/mol. The van der Waals surface area contributed by atoms with E-state index in [9.17, 15) is 14.9 Å². The van der Waals surface area contributed by atoms with Crippen molar-refractivity contribution in [1.82, 2.24) is 14.4 Å². The maximum Gasteiger partial charge on any atom is 0.338 e. The number of rotatable bonds is 5. The number of carbonyl (C=O) groups is 1. The van der Waals surface area contributed by atoms with Crippen LogP contribution in [0.1, 0.15) is 34.8 Å². The molecule has 0 atom stereocenters. The van der Waals surface area contributed by atoms with Crippen LogP contribution in [0.3, 0.4) is 0 Å². The van der Waals surface area contributed by atoms with E-state index < -0.39 is 10.9 Å². The number of hydrogen-bond donors (Lipinski definition) is 0. The van der Waals surface area contributed by atoms with Crippen molar-refractivity contribution in [2.24, 2.45) is 5.92 Å². The normalized spacial score (nSPS) is 18.9. The highest BCUT2D eigenvalue weighted by molar-refractivity contribution is 14.1.